The SMILES string of the molecule is CCOC[C@H]1CN(S(=O)(=O)c2ccccc2C)Cc2cn(C)nc21. The largest absolute Gasteiger partial charge is 0.381 e. The van der Waals surface area contributed by atoms with Crippen molar-refractivity contribution in [3.8, 4) is 0 Å². The average Bonchev–Trinajstić information content (AvgIpc) is 2.93. The summed E-state index contributed by atoms with van der Waals surface area (Å²) in [7, 11) is -1.69. The fourth-order valence-electron chi connectivity index (χ4n) is 3.17. The lowest BCUT2D eigenvalue weighted by Crippen LogP contribution is -2.39. The Kier molecular flexibility index (Phi) is 4.76. The van der Waals surface area contributed by atoms with Gasteiger partial charge < -0.3 is 4.74 Å². The van der Waals surface area contributed by atoms with Crippen LogP contribution < -0.4 is 0 Å². The highest BCUT2D eigenvalue weighted by molar-refractivity contribution is 7.89. The molecule has 0 spiro atoms. The van der Waals surface area contributed by atoms with E-state index in [2.05, 4.69) is 5.10 Å². The predicted molar refractivity (Wildman–Crippen MR) is 91.2 cm³/mol. The van der Waals surface area contributed by atoms with Crippen molar-refractivity contribution in [3.63, 3.8) is 0 Å². The fourth-order valence-corrected chi connectivity index (χ4v) is 4.86. The van der Waals surface area contributed by atoms with E-state index in [0.29, 0.717) is 31.2 Å². The zero-order valence-corrected chi connectivity index (χ0v) is 15.1. The second-order valence-corrected chi connectivity index (χ2v) is 8.04. The van der Waals surface area contributed by atoms with Crippen molar-refractivity contribution in [2.45, 2.75) is 31.2 Å². The Balaban J connectivity index is 1.96. The number of sulfonamides is 1. The zero-order chi connectivity index (χ0) is 17.3. The smallest absolute Gasteiger partial charge is 0.243 e. The molecule has 2 heterocycles. The molecule has 1 aliphatic heterocycles. The van der Waals surface area contributed by atoms with Crippen LogP contribution in [-0.2, 0) is 28.4 Å². The molecule has 0 amide bonds. The first-order chi connectivity index (χ1) is 11.4. The Morgan fingerprint density at radius 3 is 2.79 bits per heavy atom. The second-order valence-electron chi connectivity index (χ2n) is 6.13. The summed E-state index contributed by atoms with van der Waals surface area (Å²) in [5.41, 5.74) is 2.66. The molecule has 6 nitrogen and oxygen atoms in total. The van der Waals surface area contributed by atoms with Gasteiger partial charge in [0.1, 0.15) is 0 Å². The molecule has 2 aromatic rings. The van der Waals surface area contributed by atoms with E-state index in [0.717, 1.165) is 16.8 Å². The molecule has 0 fully saturated rings. The normalized spacial score (nSPS) is 18.5. The van der Waals surface area contributed by atoms with E-state index in [-0.39, 0.29) is 5.92 Å². The highest BCUT2D eigenvalue weighted by Gasteiger charge is 2.35. The molecule has 1 atom stereocenters. The van der Waals surface area contributed by atoms with E-state index >= 15 is 0 Å². The summed E-state index contributed by atoms with van der Waals surface area (Å²) in [6.07, 6.45) is 1.90. The molecular formula is C17H23N3O3S. The molecule has 0 N–H and O–H groups in total. The average molecular weight is 349 g/mol. The number of ether oxygens (including phenoxy) is 1. The number of nitrogens with zero attached hydrogens (tertiary/aromatic N) is 3. The second kappa shape index (κ2) is 6.66. The van der Waals surface area contributed by atoms with Crippen LogP contribution in [0.25, 0.3) is 0 Å². The summed E-state index contributed by atoms with van der Waals surface area (Å²) in [5.74, 6) is -0.0475. The number of aryl methyl sites for hydroxylation is 2. The highest BCUT2D eigenvalue weighted by atomic mass is 32.2. The van der Waals surface area contributed by atoms with Crippen LogP contribution in [0.1, 0.15) is 29.7 Å². The highest BCUT2D eigenvalue weighted by Crippen LogP contribution is 2.31. The minimum atomic E-state index is -3.54. The summed E-state index contributed by atoms with van der Waals surface area (Å²) in [4.78, 5) is 0.368. The summed E-state index contributed by atoms with van der Waals surface area (Å²) in [6, 6.07) is 7.10. The van der Waals surface area contributed by atoms with E-state index in [4.69, 9.17) is 4.74 Å². The van der Waals surface area contributed by atoms with Crippen molar-refractivity contribution in [1.29, 1.82) is 0 Å². The van der Waals surface area contributed by atoms with Crippen LogP contribution in [0.5, 0.6) is 0 Å². The van der Waals surface area contributed by atoms with Gasteiger partial charge in [0.15, 0.2) is 0 Å². The van der Waals surface area contributed by atoms with Crippen LogP contribution >= 0.6 is 0 Å². The number of aromatic nitrogens is 2. The molecule has 1 aromatic heterocycles. The van der Waals surface area contributed by atoms with Gasteiger partial charge in [-0.2, -0.15) is 9.40 Å². The van der Waals surface area contributed by atoms with Gasteiger partial charge in [-0.1, -0.05) is 18.2 Å². The van der Waals surface area contributed by atoms with Crippen LogP contribution in [-0.4, -0.2) is 42.3 Å². The summed E-state index contributed by atoms with van der Waals surface area (Å²) in [5, 5.41) is 4.51. The molecule has 0 aliphatic carbocycles. The van der Waals surface area contributed by atoms with Gasteiger partial charge in [-0.05, 0) is 25.5 Å². The third-order valence-corrected chi connectivity index (χ3v) is 6.30. The van der Waals surface area contributed by atoms with Crippen molar-refractivity contribution < 1.29 is 13.2 Å². The monoisotopic (exact) mass is 349 g/mol. The molecule has 0 saturated carbocycles. The van der Waals surface area contributed by atoms with Crippen LogP contribution in [0.3, 0.4) is 0 Å². The Labute approximate surface area is 143 Å². The zero-order valence-electron chi connectivity index (χ0n) is 14.3. The molecular weight excluding hydrogens is 326 g/mol. The number of benzene rings is 1. The van der Waals surface area contributed by atoms with E-state index in [1.807, 2.05) is 39.2 Å². The first-order valence-electron chi connectivity index (χ1n) is 8.09. The first kappa shape index (κ1) is 17.1. The number of rotatable bonds is 5. The Morgan fingerprint density at radius 1 is 1.33 bits per heavy atom. The summed E-state index contributed by atoms with van der Waals surface area (Å²) in [6.45, 7) is 5.57. The minimum absolute atomic E-state index is 0.0475. The fraction of sp³-hybridized carbons (Fsp3) is 0.471. The Bertz CT molecular complexity index is 829. The Hall–Kier alpha value is -1.70. The third-order valence-electron chi connectivity index (χ3n) is 4.33. The maximum Gasteiger partial charge on any atom is 0.243 e. The van der Waals surface area contributed by atoms with Gasteiger partial charge in [-0.25, -0.2) is 8.42 Å². The molecule has 0 saturated heterocycles. The van der Waals surface area contributed by atoms with Crippen molar-refractivity contribution in [2.75, 3.05) is 19.8 Å². The molecule has 0 unspecified atom stereocenters. The van der Waals surface area contributed by atoms with E-state index in [1.54, 1.807) is 21.1 Å². The van der Waals surface area contributed by atoms with Gasteiger partial charge in [0.2, 0.25) is 10.0 Å². The van der Waals surface area contributed by atoms with Gasteiger partial charge in [0.25, 0.3) is 0 Å². The standard InChI is InChI=1S/C17H23N3O3S/c1-4-23-12-15-11-20(10-14-9-19(3)18-17(14)15)24(21,22)16-8-6-5-7-13(16)2/h5-9,15H,4,10-12H2,1-3H3/t15-/m1/s1. The molecule has 0 radical (unpaired) electrons. The van der Waals surface area contributed by atoms with E-state index < -0.39 is 10.0 Å². The van der Waals surface area contributed by atoms with Crippen LogP contribution in [0, 0.1) is 6.92 Å². The predicted octanol–water partition coefficient (Wildman–Crippen LogP) is 2.05. The molecule has 1 aromatic carbocycles. The first-order valence-corrected chi connectivity index (χ1v) is 9.53. The molecule has 7 heteroatoms. The lowest BCUT2D eigenvalue weighted by atomic mass is 9.99. The number of hydrogen-bond donors (Lipinski definition) is 0. The lowest BCUT2D eigenvalue weighted by molar-refractivity contribution is 0.120. The molecule has 130 valence electrons. The summed E-state index contributed by atoms with van der Waals surface area (Å²) < 4.78 is 35.1. The molecule has 3 rings (SSSR count). The van der Waals surface area contributed by atoms with E-state index in [1.165, 1.54) is 0 Å². The van der Waals surface area contributed by atoms with Crippen LogP contribution in [0.2, 0.25) is 0 Å². The number of hydrogen-bond acceptors (Lipinski definition) is 4. The maximum absolute atomic E-state index is 13.1. The molecule has 1 aliphatic rings. The van der Waals surface area contributed by atoms with Crippen molar-refractivity contribution in [2.24, 2.45) is 7.05 Å². The van der Waals surface area contributed by atoms with Gasteiger partial charge in [0.05, 0.1) is 17.2 Å². The Morgan fingerprint density at radius 2 is 2.08 bits per heavy atom. The van der Waals surface area contributed by atoms with Gasteiger partial charge in [0, 0.05) is 44.4 Å². The quantitative estimate of drug-likeness (QED) is 0.829. The topological polar surface area (TPSA) is 64.4 Å². The van der Waals surface area contributed by atoms with Crippen LogP contribution in [0.15, 0.2) is 35.4 Å². The lowest BCUT2D eigenvalue weighted by Gasteiger charge is -2.31. The molecule has 0 bridgehead atoms. The van der Waals surface area contributed by atoms with Gasteiger partial charge in [-0.3, -0.25) is 4.68 Å². The third kappa shape index (κ3) is 3.11. The van der Waals surface area contributed by atoms with Crippen molar-refractivity contribution >= 4 is 10.0 Å². The van der Waals surface area contributed by atoms with Crippen molar-refractivity contribution in [3.05, 3.63) is 47.3 Å². The maximum atomic E-state index is 13.1. The number of fused-ring (bicyclic) bond motifs is 1. The van der Waals surface area contributed by atoms with Crippen LogP contribution in [0.4, 0.5) is 0 Å². The van der Waals surface area contributed by atoms with E-state index in [9.17, 15) is 8.42 Å². The minimum Gasteiger partial charge on any atom is -0.381 e. The van der Waals surface area contributed by atoms with Crippen molar-refractivity contribution in [1.82, 2.24) is 14.1 Å². The summed E-state index contributed by atoms with van der Waals surface area (Å²) >= 11 is 0. The van der Waals surface area contributed by atoms with Gasteiger partial charge >= 0.3 is 0 Å². The molecule has 24 heavy (non-hydrogen) atoms. The van der Waals surface area contributed by atoms with Gasteiger partial charge in [-0.15, -0.1) is 0 Å².